The van der Waals surface area contributed by atoms with E-state index in [1.165, 1.54) is 19.6 Å². The molecule has 3 N–H and O–H groups in total. The first-order valence-corrected chi connectivity index (χ1v) is 7.69. The summed E-state index contributed by atoms with van der Waals surface area (Å²) in [6, 6.07) is 6.58. The molecule has 8 nitrogen and oxygen atoms in total. The van der Waals surface area contributed by atoms with Crippen LogP contribution in [-0.2, 0) is 22.6 Å². The summed E-state index contributed by atoms with van der Waals surface area (Å²) < 4.78 is 10.1. The summed E-state index contributed by atoms with van der Waals surface area (Å²) in [5.74, 6) is -0.932. The van der Waals surface area contributed by atoms with Gasteiger partial charge in [0.25, 0.3) is 0 Å². The number of methoxy groups -OCH3 is 1. The maximum Gasteiger partial charge on any atom is 0.329 e. The number of aromatic hydroxyl groups is 1. The maximum absolute atomic E-state index is 11.7. The number of amides is 2. The van der Waals surface area contributed by atoms with E-state index >= 15 is 0 Å². The molecule has 0 spiro atoms. The lowest BCUT2D eigenvalue weighted by molar-refractivity contribution is -0.139. The van der Waals surface area contributed by atoms with Gasteiger partial charge in [-0.2, -0.15) is 5.10 Å². The van der Waals surface area contributed by atoms with Crippen LogP contribution in [0.1, 0.15) is 16.9 Å². The number of benzene rings is 1. The molecule has 0 fully saturated rings. The maximum atomic E-state index is 11.7. The molecule has 0 atom stereocenters. The van der Waals surface area contributed by atoms with Crippen molar-refractivity contribution in [3.05, 3.63) is 60.1 Å². The van der Waals surface area contributed by atoms with Crippen molar-refractivity contribution < 1.29 is 23.8 Å². The fraction of sp³-hybridized carbons (Fsp3) is 0.167. The highest BCUT2D eigenvalue weighted by Gasteiger charge is 2.13. The summed E-state index contributed by atoms with van der Waals surface area (Å²) in [5.41, 5.74) is 3.31. The summed E-state index contributed by atoms with van der Waals surface area (Å²) in [4.78, 5) is 23.4. The number of nitrogens with one attached hydrogen (secondary N) is 2. The van der Waals surface area contributed by atoms with Crippen molar-refractivity contribution in [1.29, 1.82) is 0 Å². The second-order valence-electron chi connectivity index (χ2n) is 5.18. The van der Waals surface area contributed by atoms with E-state index in [1.54, 1.807) is 30.3 Å². The zero-order chi connectivity index (χ0) is 18.9. The van der Waals surface area contributed by atoms with Gasteiger partial charge in [-0.25, -0.2) is 5.43 Å². The number of phenolic OH excluding ortho intramolecular Hbond substituents is 1. The molecule has 8 heteroatoms. The minimum atomic E-state index is -0.912. The Balaban J connectivity index is 1.96. The Morgan fingerprint density at radius 2 is 2.19 bits per heavy atom. The molecular weight excluding hydrogens is 338 g/mol. The first-order chi connectivity index (χ1) is 12.5. The average Bonchev–Trinajstić information content (AvgIpc) is 3.15. The quantitative estimate of drug-likeness (QED) is 0.301. The van der Waals surface area contributed by atoms with E-state index in [2.05, 4.69) is 22.4 Å². The van der Waals surface area contributed by atoms with Crippen molar-refractivity contribution in [3.8, 4) is 11.5 Å². The van der Waals surface area contributed by atoms with Gasteiger partial charge in [-0.3, -0.25) is 9.59 Å². The normalized spacial score (nSPS) is 10.5. The number of phenols is 1. The van der Waals surface area contributed by atoms with Gasteiger partial charge in [0.1, 0.15) is 5.76 Å². The fourth-order valence-corrected chi connectivity index (χ4v) is 2.11. The van der Waals surface area contributed by atoms with E-state index in [4.69, 9.17) is 9.15 Å². The molecule has 0 aliphatic heterocycles. The first-order valence-electron chi connectivity index (χ1n) is 7.69. The Kier molecular flexibility index (Phi) is 6.55. The largest absolute Gasteiger partial charge is 0.504 e. The van der Waals surface area contributed by atoms with E-state index in [9.17, 15) is 14.7 Å². The van der Waals surface area contributed by atoms with Crippen molar-refractivity contribution in [1.82, 2.24) is 10.7 Å². The molecule has 2 amide bonds. The zero-order valence-corrected chi connectivity index (χ0v) is 14.2. The molecule has 0 radical (unpaired) electrons. The summed E-state index contributed by atoms with van der Waals surface area (Å²) >= 11 is 0. The number of ether oxygens (including phenoxy) is 1. The molecule has 2 rings (SSSR count). The molecule has 136 valence electrons. The molecule has 0 aliphatic carbocycles. The number of hydrazone groups is 1. The third-order valence-electron chi connectivity index (χ3n) is 3.35. The van der Waals surface area contributed by atoms with E-state index in [1.807, 2.05) is 0 Å². The van der Waals surface area contributed by atoms with Gasteiger partial charge < -0.3 is 19.6 Å². The Bertz CT molecular complexity index is 812. The molecule has 1 aromatic carbocycles. The number of carbonyl (C=O) groups is 2. The summed E-state index contributed by atoms with van der Waals surface area (Å²) in [5, 5.41) is 16.2. The first kappa shape index (κ1) is 18.8. The highest BCUT2D eigenvalue weighted by molar-refractivity contribution is 6.35. The average molecular weight is 357 g/mol. The van der Waals surface area contributed by atoms with Crippen LogP contribution in [0, 0.1) is 0 Å². The standard InChI is InChI=1S/C18H19N3O5/c1-3-5-13-8-12(9-15(25-2)16(13)22)10-20-21-18(24)17(23)19-11-14-6-4-7-26-14/h3-4,6-10,22H,1,5,11H2,2H3,(H,19,23)(H,21,24)/b20-10+. The Morgan fingerprint density at radius 3 is 2.85 bits per heavy atom. The van der Waals surface area contributed by atoms with Crippen LogP contribution in [0.4, 0.5) is 0 Å². The second-order valence-corrected chi connectivity index (χ2v) is 5.18. The van der Waals surface area contributed by atoms with E-state index in [0.29, 0.717) is 23.3 Å². The van der Waals surface area contributed by atoms with Crippen molar-refractivity contribution in [2.45, 2.75) is 13.0 Å². The smallest absolute Gasteiger partial charge is 0.329 e. The number of rotatable bonds is 7. The van der Waals surface area contributed by atoms with Crippen LogP contribution in [0.3, 0.4) is 0 Å². The van der Waals surface area contributed by atoms with Crippen LogP contribution in [0.15, 0.2) is 52.7 Å². The van der Waals surface area contributed by atoms with Crippen LogP contribution < -0.4 is 15.5 Å². The van der Waals surface area contributed by atoms with Gasteiger partial charge in [0, 0.05) is 5.56 Å². The lowest BCUT2D eigenvalue weighted by Gasteiger charge is -2.09. The van der Waals surface area contributed by atoms with Gasteiger partial charge in [0.05, 0.1) is 26.1 Å². The number of carbonyl (C=O) groups excluding carboxylic acids is 2. The Hall–Kier alpha value is -3.55. The Labute approximate surface area is 150 Å². The van der Waals surface area contributed by atoms with Gasteiger partial charge in [0.2, 0.25) is 0 Å². The monoisotopic (exact) mass is 357 g/mol. The Morgan fingerprint density at radius 1 is 1.38 bits per heavy atom. The van der Waals surface area contributed by atoms with Crippen LogP contribution in [0.2, 0.25) is 0 Å². The van der Waals surface area contributed by atoms with Crippen LogP contribution in [0.5, 0.6) is 11.5 Å². The van der Waals surface area contributed by atoms with E-state index in [-0.39, 0.29) is 18.0 Å². The molecule has 0 saturated carbocycles. The highest BCUT2D eigenvalue weighted by atomic mass is 16.5. The second kappa shape index (κ2) is 9.07. The highest BCUT2D eigenvalue weighted by Crippen LogP contribution is 2.31. The minimum absolute atomic E-state index is 0.0193. The predicted octanol–water partition coefficient (Wildman–Crippen LogP) is 1.49. The molecule has 1 aromatic heterocycles. The van der Waals surface area contributed by atoms with Crippen LogP contribution in [0.25, 0.3) is 0 Å². The van der Waals surface area contributed by atoms with Crippen molar-refractivity contribution in [2.75, 3.05) is 7.11 Å². The minimum Gasteiger partial charge on any atom is -0.504 e. The molecule has 26 heavy (non-hydrogen) atoms. The number of hydrogen-bond acceptors (Lipinski definition) is 6. The summed E-state index contributed by atoms with van der Waals surface area (Å²) in [7, 11) is 1.43. The van der Waals surface area contributed by atoms with Gasteiger partial charge in [-0.15, -0.1) is 6.58 Å². The molecule has 1 heterocycles. The van der Waals surface area contributed by atoms with Gasteiger partial charge in [-0.05, 0) is 36.2 Å². The van der Waals surface area contributed by atoms with Crippen molar-refractivity contribution >= 4 is 18.0 Å². The molecule has 0 aliphatic rings. The topological polar surface area (TPSA) is 113 Å². The number of allylic oxidation sites excluding steroid dienone is 1. The van der Waals surface area contributed by atoms with Crippen molar-refractivity contribution in [2.24, 2.45) is 5.10 Å². The third-order valence-corrected chi connectivity index (χ3v) is 3.35. The predicted molar refractivity (Wildman–Crippen MR) is 94.9 cm³/mol. The number of nitrogens with zero attached hydrogens (tertiary/aromatic N) is 1. The SMILES string of the molecule is C=CCc1cc(/C=N/NC(=O)C(=O)NCc2ccco2)cc(OC)c1O. The molecule has 0 unspecified atom stereocenters. The summed E-state index contributed by atoms with van der Waals surface area (Å²) in [6.07, 6.45) is 4.89. The lowest BCUT2D eigenvalue weighted by Crippen LogP contribution is -2.37. The molecule has 2 aromatic rings. The molecular formula is C18H19N3O5. The lowest BCUT2D eigenvalue weighted by atomic mass is 10.1. The van der Waals surface area contributed by atoms with E-state index in [0.717, 1.165) is 0 Å². The van der Waals surface area contributed by atoms with Crippen LogP contribution in [-0.4, -0.2) is 30.2 Å². The molecule has 0 saturated heterocycles. The van der Waals surface area contributed by atoms with Crippen LogP contribution >= 0.6 is 0 Å². The molecule has 0 bridgehead atoms. The third kappa shape index (κ3) is 4.97. The van der Waals surface area contributed by atoms with Gasteiger partial charge >= 0.3 is 11.8 Å². The zero-order valence-electron chi connectivity index (χ0n) is 14.2. The number of furan rings is 1. The van der Waals surface area contributed by atoms with Gasteiger partial charge in [-0.1, -0.05) is 6.08 Å². The van der Waals surface area contributed by atoms with Crippen molar-refractivity contribution in [3.63, 3.8) is 0 Å². The van der Waals surface area contributed by atoms with E-state index < -0.39 is 11.8 Å². The fourth-order valence-electron chi connectivity index (χ4n) is 2.11. The van der Waals surface area contributed by atoms with Gasteiger partial charge in [0.15, 0.2) is 11.5 Å². The summed E-state index contributed by atoms with van der Waals surface area (Å²) in [6.45, 7) is 3.73. The number of hydrogen-bond donors (Lipinski definition) is 3.